The molecule has 1 aromatic rings. The first-order valence-corrected chi connectivity index (χ1v) is 7.70. The molecule has 0 saturated carbocycles. The third-order valence-electron chi connectivity index (χ3n) is 3.15. The first kappa shape index (κ1) is 14.3. The highest BCUT2D eigenvalue weighted by molar-refractivity contribution is 7.99. The van der Waals surface area contributed by atoms with Crippen LogP contribution in [0.3, 0.4) is 0 Å². The highest BCUT2D eigenvalue weighted by Crippen LogP contribution is 2.35. The van der Waals surface area contributed by atoms with Gasteiger partial charge in [0.2, 0.25) is 0 Å². The average molecular weight is 279 g/mol. The van der Waals surface area contributed by atoms with E-state index < -0.39 is 0 Å². The van der Waals surface area contributed by atoms with Gasteiger partial charge in [0, 0.05) is 22.7 Å². The van der Waals surface area contributed by atoms with Gasteiger partial charge in [0.1, 0.15) is 5.75 Å². The van der Waals surface area contributed by atoms with Gasteiger partial charge in [-0.15, -0.1) is 11.8 Å². The van der Waals surface area contributed by atoms with E-state index in [2.05, 4.69) is 0 Å². The van der Waals surface area contributed by atoms with Crippen LogP contribution < -0.4 is 4.74 Å². The van der Waals surface area contributed by atoms with Crippen LogP contribution in [0.25, 0.3) is 0 Å². The quantitative estimate of drug-likeness (QED) is 0.851. The molecule has 104 valence electrons. The number of carbonyl (C=O) groups excluding carboxylic acids is 1. The normalized spacial score (nSPS) is 18.1. The fourth-order valence-electron chi connectivity index (χ4n) is 2.41. The summed E-state index contributed by atoms with van der Waals surface area (Å²) in [7, 11) is 0. The SMILES string of the molecule is CC(C)N(C(=O)C1CSc2ccccc2O1)C(C)C. The Morgan fingerprint density at radius 2 is 1.89 bits per heavy atom. The first-order chi connectivity index (χ1) is 9.00. The highest BCUT2D eigenvalue weighted by Gasteiger charge is 2.32. The van der Waals surface area contributed by atoms with Crippen molar-refractivity contribution in [1.82, 2.24) is 4.90 Å². The lowest BCUT2D eigenvalue weighted by Crippen LogP contribution is -2.50. The number of fused-ring (bicyclic) bond motifs is 1. The van der Waals surface area contributed by atoms with E-state index in [0.29, 0.717) is 5.75 Å². The van der Waals surface area contributed by atoms with Crippen LogP contribution in [0.1, 0.15) is 27.7 Å². The molecule has 0 fully saturated rings. The molecule has 1 amide bonds. The van der Waals surface area contributed by atoms with Crippen LogP contribution in [0.5, 0.6) is 5.75 Å². The molecule has 0 bridgehead atoms. The number of benzene rings is 1. The topological polar surface area (TPSA) is 29.5 Å². The Kier molecular flexibility index (Phi) is 4.40. The minimum Gasteiger partial charge on any atom is -0.479 e. The molecular weight excluding hydrogens is 258 g/mol. The number of rotatable bonds is 3. The molecule has 0 spiro atoms. The monoisotopic (exact) mass is 279 g/mol. The van der Waals surface area contributed by atoms with Crippen molar-refractivity contribution in [2.75, 3.05) is 5.75 Å². The van der Waals surface area contributed by atoms with Gasteiger partial charge in [0.15, 0.2) is 6.10 Å². The maximum absolute atomic E-state index is 12.6. The predicted octanol–water partition coefficient (Wildman–Crippen LogP) is 3.19. The Labute approximate surface area is 119 Å². The summed E-state index contributed by atoms with van der Waals surface area (Å²) in [4.78, 5) is 15.6. The molecule has 19 heavy (non-hydrogen) atoms. The summed E-state index contributed by atoms with van der Waals surface area (Å²) in [6.45, 7) is 8.17. The van der Waals surface area contributed by atoms with Gasteiger partial charge in [-0.2, -0.15) is 0 Å². The molecule has 1 aliphatic rings. The third kappa shape index (κ3) is 3.06. The van der Waals surface area contributed by atoms with Gasteiger partial charge in [-0.05, 0) is 39.8 Å². The van der Waals surface area contributed by atoms with E-state index in [4.69, 9.17) is 4.74 Å². The van der Waals surface area contributed by atoms with E-state index in [0.717, 1.165) is 10.6 Å². The number of amides is 1. The van der Waals surface area contributed by atoms with Crippen LogP contribution in [0.4, 0.5) is 0 Å². The van der Waals surface area contributed by atoms with E-state index in [1.54, 1.807) is 11.8 Å². The van der Waals surface area contributed by atoms with E-state index in [1.165, 1.54) is 0 Å². The molecule has 0 saturated heterocycles. The standard InChI is InChI=1S/C15H21NO2S/c1-10(2)16(11(3)4)15(17)13-9-19-14-8-6-5-7-12(14)18-13/h5-8,10-11,13H,9H2,1-4H3. The van der Waals surface area contributed by atoms with Crippen molar-refractivity contribution in [1.29, 1.82) is 0 Å². The lowest BCUT2D eigenvalue weighted by Gasteiger charge is -2.35. The molecule has 1 unspecified atom stereocenters. The Morgan fingerprint density at radius 3 is 2.53 bits per heavy atom. The Hall–Kier alpha value is -1.16. The van der Waals surface area contributed by atoms with Crippen LogP contribution in [0, 0.1) is 0 Å². The zero-order chi connectivity index (χ0) is 14.0. The molecule has 1 atom stereocenters. The summed E-state index contributed by atoms with van der Waals surface area (Å²) >= 11 is 1.69. The first-order valence-electron chi connectivity index (χ1n) is 6.71. The van der Waals surface area contributed by atoms with Gasteiger partial charge < -0.3 is 9.64 Å². The van der Waals surface area contributed by atoms with Crippen LogP contribution >= 0.6 is 11.8 Å². The summed E-state index contributed by atoms with van der Waals surface area (Å²) in [5.74, 6) is 1.60. The number of nitrogens with zero attached hydrogens (tertiary/aromatic N) is 1. The van der Waals surface area contributed by atoms with E-state index in [1.807, 2.05) is 56.9 Å². The van der Waals surface area contributed by atoms with Gasteiger partial charge >= 0.3 is 0 Å². The number of para-hydroxylation sites is 1. The minimum absolute atomic E-state index is 0.0898. The van der Waals surface area contributed by atoms with Gasteiger partial charge in [-0.3, -0.25) is 4.79 Å². The molecule has 1 aliphatic heterocycles. The smallest absolute Gasteiger partial charge is 0.264 e. The number of hydrogen-bond acceptors (Lipinski definition) is 3. The maximum atomic E-state index is 12.6. The summed E-state index contributed by atoms with van der Waals surface area (Å²) in [5, 5.41) is 0. The van der Waals surface area contributed by atoms with Crippen LogP contribution in [0.2, 0.25) is 0 Å². The zero-order valence-corrected chi connectivity index (χ0v) is 12.7. The average Bonchev–Trinajstić information content (AvgIpc) is 2.37. The second kappa shape index (κ2) is 5.87. The Bertz CT molecular complexity index is 451. The second-order valence-electron chi connectivity index (χ2n) is 5.30. The zero-order valence-electron chi connectivity index (χ0n) is 11.9. The summed E-state index contributed by atoms with van der Waals surface area (Å²) in [6.07, 6.45) is -0.371. The number of hydrogen-bond donors (Lipinski definition) is 0. The van der Waals surface area contributed by atoms with Crippen molar-refractivity contribution >= 4 is 17.7 Å². The maximum Gasteiger partial charge on any atom is 0.264 e. The van der Waals surface area contributed by atoms with Gasteiger partial charge in [-0.25, -0.2) is 0 Å². The van der Waals surface area contributed by atoms with Crippen molar-refractivity contribution in [3.05, 3.63) is 24.3 Å². The molecule has 3 nitrogen and oxygen atoms in total. The van der Waals surface area contributed by atoms with E-state index >= 15 is 0 Å². The molecule has 2 rings (SSSR count). The van der Waals surface area contributed by atoms with Crippen molar-refractivity contribution in [2.45, 2.75) is 50.8 Å². The number of carbonyl (C=O) groups is 1. The van der Waals surface area contributed by atoms with Crippen LogP contribution in [-0.4, -0.2) is 34.7 Å². The predicted molar refractivity (Wildman–Crippen MR) is 78.7 cm³/mol. The molecule has 0 aromatic heterocycles. The van der Waals surface area contributed by atoms with Crippen LogP contribution in [-0.2, 0) is 4.79 Å². The number of thioether (sulfide) groups is 1. The molecule has 1 aromatic carbocycles. The molecule has 0 radical (unpaired) electrons. The second-order valence-corrected chi connectivity index (χ2v) is 6.36. The Balaban J connectivity index is 2.14. The molecular formula is C15H21NO2S. The van der Waals surface area contributed by atoms with Gasteiger partial charge in [0.25, 0.3) is 5.91 Å². The summed E-state index contributed by atoms with van der Waals surface area (Å²) < 4.78 is 5.86. The summed E-state index contributed by atoms with van der Waals surface area (Å²) in [5.41, 5.74) is 0. The fourth-order valence-corrected chi connectivity index (χ4v) is 3.39. The van der Waals surface area contributed by atoms with Crippen molar-refractivity contribution in [3.8, 4) is 5.75 Å². The lowest BCUT2D eigenvalue weighted by atomic mass is 10.2. The molecule has 0 aliphatic carbocycles. The lowest BCUT2D eigenvalue weighted by molar-refractivity contribution is -0.141. The van der Waals surface area contributed by atoms with Gasteiger partial charge in [0.05, 0.1) is 0 Å². The third-order valence-corrected chi connectivity index (χ3v) is 4.27. The molecule has 0 N–H and O–H groups in total. The van der Waals surface area contributed by atoms with Crippen LogP contribution in [0.15, 0.2) is 29.2 Å². The minimum atomic E-state index is -0.371. The van der Waals surface area contributed by atoms with E-state index in [-0.39, 0.29) is 24.1 Å². The largest absolute Gasteiger partial charge is 0.479 e. The van der Waals surface area contributed by atoms with E-state index in [9.17, 15) is 4.79 Å². The van der Waals surface area contributed by atoms with Crippen molar-refractivity contribution in [2.24, 2.45) is 0 Å². The molecule has 4 heteroatoms. The van der Waals surface area contributed by atoms with Gasteiger partial charge in [-0.1, -0.05) is 12.1 Å². The highest BCUT2D eigenvalue weighted by atomic mass is 32.2. The summed E-state index contributed by atoms with van der Waals surface area (Å²) in [6, 6.07) is 8.28. The van der Waals surface area contributed by atoms with Crippen molar-refractivity contribution < 1.29 is 9.53 Å². The van der Waals surface area contributed by atoms with Crippen molar-refractivity contribution in [3.63, 3.8) is 0 Å². The Morgan fingerprint density at radius 1 is 1.26 bits per heavy atom. The fraction of sp³-hybridized carbons (Fsp3) is 0.533. The number of ether oxygens (including phenoxy) is 1. The molecule has 1 heterocycles.